The summed E-state index contributed by atoms with van der Waals surface area (Å²) in [4.78, 5) is 12.1. The molecule has 0 spiro atoms. The van der Waals surface area contributed by atoms with Crippen LogP contribution in [0.2, 0.25) is 0 Å². The van der Waals surface area contributed by atoms with Crippen molar-refractivity contribution in [3.8, 4) is 23.3 Å². The van der Waals surface area contributed by atoms with Gasteiger partial charge in [-0.1, -0.05) is 12.1 Å². The predicted octanol–water partition coefficient (Wildman–Crippen LogP) is 2.83. The molecule has 0 saturated heterocycles. The Labute approximate surface area is 153 Å². The van der Waals surface area contributed by atoms with E-state index < -0.39 is 0 Å². The molecule has 0 aliphatic heterocycles. The predicted molar refractivity (Wildman–Crippen MR) is 97.4 cm³/mol. The zero-order valence-electron chi connectivity index (χ0n) is 15.2. The Bertz CT molecular complexity index is 769. The Morgan fingerprint density at radius 2 is 1.62 bits per heavy atom. The van der Waals surface area contributed by atoms with Crippen LogP contribution in [-0.2, 0) is 17.8 Å². The van der Waals surface area contributed by atoms with Crippen molar-refractivity contribution < 1.29 is 19.0 Å². The van der Waals surface area contributed by atoms with Gasteiger partial charge in [-0.3, -0.25) is 4.79 Å². The van der Waals surface area contributed by atoms with Crippen molar-refractivity contribution in [1.82, 2.24) is 5.32 Å². The largest absolute Gasteiger partial charge is 0.493 e. The zero-order chi connectivity index (χ0) is 18.9. The topological polar surface area (TPSA) is 80.6 Å². The molecule has 2 rings (SSSR count). The van der Waals surface area contributed by atoms with E-state index in [2.05, 4.69) is 11.4 Å². The molecular formula is C20H22N2O4. The summed E-state index contributed by atoms with van der Waals surface area (Å²) in [5, 5.41) is 11.7. The van der Waals surface area contributed by atoms with Gasteiger partial charge in [-0.15, -0.1) is 0 Å². The summed E-state index contributed by atoms with van der Waals surface area (Å²) < 4.78 is 15.9. The summed E-state index contributed by atoms with van der Waals surface area (Å²) in [5.74, 6) is 1.57. The van der Waals surface area contributed by atoms with Gasteiger partial charge < -0.3 is 19.5 Å². The summed E-state index contributed by atoms with van der Waals surface area (Å²) in [6.07, 6.45) is 0.989. The number of hydrogen-bond acceptors (Lipinski definition) is 5. The minimum Gasteiger partial charge on any atom is -0.493 e. The first-order valence-electron chi connectivity index (χ1n) is 8.16. The number of amides is 1. The van der Waals surface area contributed by atoms with Gasteiger partial charge in [0.1, 0.15) is 0 Å². The van der Waals surface area contributed by atoms with Crippen LogP contribution >= 0.6 is 0 Å². The highest BCUT2D eigenvalue weighted by molar-refractivity contribution is 5.76. The fourth-order valence-corrected chi connectivity index (χ4v) is 2.53. The van der Waals surface area contributed by atoms with Crippen molar-refractivity contribution in [3.63, 3.8) is 0 Å². The molecule has 0 aliphatic carbocycles. The molecule has 6 nitrogen and oxygen atoms in total. The van der Waals surface area contributed by atoms with Gasteiger partial charge in [0.2, 0.25) is 11.7 Å². The van der Waals surface area contributed by atoms with E-state index in [-0.39, 0.29) is 5.91 Å². The fraction of sp³-hybridized carbons (Fsp3) is 0.300. The van der Waals surface area contributed by atoms with Gasteiger partial charge >= 0.3 is 0 Å². The molecule has 0 heterocycles. The van der Waals surface area contributed by atoms with Crippen LogP contribution in [0.3, 0.4) is 0 Å². The van der Waals surface area contributed by atoms with Crippen molar-refractivity contribution in [3.05, 3.63) is 53.1 Å². The highest BCUT2D eigenvalue weighted by Gasteiger charge is 2.13. The number of nitriles is 1. The first-order valence-corrected chi connectivity index (χ1v) is 8.16. The van der Waals surface area contributed by atoms with Crippen molar-refractivity contribution in [2.45, 2.75) is 19.4 Å². The van der Waals surface area contributed by atoms with Crippen LogP contribution in [0.5, 0.6) is 17.2 Å². The van der Waals surface area contributed by atoms with Crippen LogP contribution in [0.1, 0.15) is 23.1 Å². The van der Waals surface area contributed by atoms with Crippen molar-refractivity contribution in [2.75, 3.05) is 21.3 Å². The molecule has 0 aromatic heterocycles. The van der Waals surface area contributed by atoms with E-state index in [9.17, 15) is 4.79 Å². The summed E-state index contributed by atoms with van der Waals surface area (Å²) in [7, 11) is 4.65. The molecule has 1 N–H and O–H groups in total. The molecule has 0 atom stereocenters. The smallest absolute Gasteiger partial charge is 0.220 e. The second-order valence-corrected chi connectivity index (χ2v) is 5.62. The molecule has 2 aromatic rings. The summed E-state index contributed by atoms with van der Waals surface area (Å²) in [5.41, 5.74) is 2.48. The Kier molecular flexibility index (Phi) is 6.86. The molecule has 0 aliphatic rings. The molecule has 1 amide bonds. The van der Waals surface area contributed by atoms with E-state index in [1.165, 1.54) is 0 Å². The highest BCUT2D eigenvalue weighted by Crippen LogP contribution is 2.38. The third-order valence-electron chi connectivity index (χ3n) is 3.94. The lowest BCUT2D eigenvalue weighted by atomic mass is 10.1. The molecule has 136 valence electrons. The standard InChI is InChI=1S/C20H22N2O4/c1-24-17-10-16(11-18(25-2)20(17)26-3)13-22-19(23)9-8-14-4-6-15(12-21)7-5-14/h4-7,10-11H,8-9,13H2,1-3H3,(H,22,23). The van der Waals surface area contributed by atoms with E-state index in [0.29, 0.717) is 42.2 Å². The SMILES string of the molecule is COc1cc(CNC(=O)CCc2ccc(C#N)cc2)cc(OC)c1OC. The minimum atomic E-state index is -0.0527. The van der Waals surface area contributed by atoms with Gasteiger partial charge in [-0.05, 0) is 41.8 Å². The van der Waals surface area contributed by atoms with Gasteiger partial charge in [0, 0.05) is 13.0 Å². The van der Waals surface area contributed by atoms with E-state index in [4.69, 9.17) is 19.5 Å². The normalized spacial score (nSPS) is 9.92. The highest BCUT2D eigenvalue weighted by atomic mass is 16.5. The number of carbonyl (C=O) groups excluding carboxylic acids is 1. The Morgan fingerprint density at radius 1 is 1.00 bits per heavy atom. The monoisotopic (exact) mass is 354 g/mol. The third-order valence-corrected chi connectivity index (χ3v) is 3.94. The van der Waals surface area contributed by atoms with Crippen molar-refractivity contribution in [2.24, 2.45) is 0 Å². The summed E-state index contributed by atoms with van der Waals surface area (Å²) >= 11 is 0. The lowest BCUT2D eigenvalue weighted by Crippen LogP contribution is -2.23. The average molecular weight is 354 g/mol. The number of nitrogens with one attached hydrogen (secondary N) is 1. The van der Waals surface area contributed by atoms with E-state index in [1.54, 1.807) is 33.5 Å². The second-order valence-electron chi connectivity index (χ2n) is 5.62. The van der Waals surface area contributed by atoms with Crippen LogP contribution < -0.4 is 19.5 Å². The molecule has 0 fully saturated rings. The van der Waals surface area contributed by atoms with Crippen molar-refractivity contribution >= 4 is 5.91 Å². The maximum atomic E-state index is 12.1. The molecule has 6 heteroatoms. The van der Waals surface area contributed by atoms with Crippen LogP contribution in [0, 0.1) is 11.3 Å². The quantitative estimate of drug-likeness (QED) is 0.788. The molecule has 0 radical (unpaired) electrons. The number of rotatable bonds is 8. The summed E-state index contributed by atoms with van der Waals surface area (Å²) in [6, 6.07) is 12.9. The molecule has 0 unspecified atom stereocenters. The van der Waals surface area contributed by atoms with Gasteiger partial charge in [0.05, 0.1) is 33.0 Å². The number of aryl methyl sites for hydroxylation is 1. The van der Waals surface area contributed by atoms with E-state index in [1.807, 2.05) is 24.3 Å². The van der Waals surface area contributed by atoms with Crippen LogP contribution in [0.4, 0.5) is 0 Å². The molecule has 0 saturated carbocycles. The zero-order valence-corrected chi connectivity index (χ0v) is 15.2. The number of carbonyl (C=O) groups is 1. The lowest BCUT2D eigenvalue weighted by molar-refractivity contribution is -0.121. The number of nitrogens with zero attached hydrogens (tertiary/aromatic N) is 1. The van der Waals surface area contributed by atoms with Crippen LogP contribution in [-0.4, -0.2) is 27.2 Å². The van der Waals surface area contributed by atoms with Gasteiger partial charge in [-0.2, -0.15) is 5.26 Å². The van der Waals surface area contributed by atoms with E-state index >= 15 is 0 Å². The third kappa shape index (κ3) is 4.90. The molecular weight excluding hydrogens is 332 g/mol. The van der Waals surface area contributed by atoms with Crippen LogP contribution in [0.15, 0.2) is 36.4 Å². The second kappa shape index (κ2) is 9.33. The number of ether oxygens (including phenoxy) is 3. The van der Waals surface area contributed by atoms with Crippen molar-refractivity contribution in [1.29, 1.82) is 5.26 Å². The van der Waals surface area contributed by atoms with Gasteiger partial charge in [-0.25, -0.2) is 0 Å². The molecule has 26 heavy (non-hydrogen) atoms. The molecule has 0 bridgehead atoms. The summed E-state index contributed by atoms with van der Waals surface area (Å²) in [6.45, 7) is 0.364. The Hall–Kier alpha value is -3.20. The van der Waals surface area contributed by atoms with Gasteiger partial charge in [0.25, 0.3) is 0 Å². The van der Waals surface area contributed by atoms with Gasteiger partial charge in [0.15, 0.2) is 11.5 Å². The first kappa shape index (κ1) is 19.1. The Balaban J connectivity index is 1.93. The molecule has 2 aromatic carbocycles. The average Bonchev–Trinajstić information content (AvgIpc) is 2.69. The van der Waals surface area contributed by atoms with E-state index in [0.717, 1.165) is 11.1 Å². The number of hydrogen-bond donors (Lipinski definition) is 1. The maximum Gasteiger partial charge on any atom is 0.220 e. The number of methoxy groups -OCH3 is 3. The first-order chi connectivity index (χ1) is 12.6. The fourth-order valence-electron chi connectivity index (χ4n) is 2.53. The number of benzene rings is 2. The minimum absolute atomic E-state index is 0.0527. The lowest BCUT2D eigenvalue weighted by Gasteiger charge is -2.14. The maximum absolute atomic E-state index is 12.1. The Morgan fingerprint density at radius 3 is 2.12 bits per heavy atom. The van der Waals surface area contributed by atoms with Crippen LogP contribution in [0.25, 0.3) is 0 Å².